The third-order valence-electron chi connectivity index (χ3n) is 4.60. The molecular formula is C19H21F9N2O4S. The van der Waals surface area contributed by atoms with Gasteiger partial charge in [0.05, 0.1) is 16.5 Å². The Kier molecular flexibility index (Phi) is 8.91. The largest absolute Gasteiger partial charge is 0.460 e. The van der Waals surface area contributed by atoms with Crippen molar-refractivity contribution >= 4 is 34.1 Å². The molecule has 1 N–H and O–H groups in total. The average Bonchev–Trinajstić information content (AvgIpc) is 3.02. The number of alkyl halides is 9. The number of anilines is 1. The van der Waals surface area contributed by atoms with Crippen LogP contribution in [0, 0.1) is 6.92 Å². The molecule has 1 aromatic heterocycles. The second-order valence-corrected chi connectivity index (χ2v) is 8.39. The number of halogens is 9. The summed E-state index contributed by atoms with van der Waals surface area (Å²) < 4.78 is 123. The van der Waals surface area contributed by atoms with Crippen molar-refractivity contribution in [3.63, 3.8) is 0 Å². The van der Waals surface area contributed by atoms with Gasteiger partial charge in [0.25, 0.3) is 5.91 Å². The van der Waals surface area contributed by atoms with Crippen molar-refractivity contribution in [2.24, 2.45) is 0 Å². The number of nitrogens with zero attached hydrogens (tertiary/aromatic N) is 1. The zero-order valence-corrected chi connectivity index (χ0v) is 19.7. The molecule has 0 saturated heterocycles. The molecule has 0 aliphatic rings. The standard InChI is InChI=1S/C19H21F9N2O4S/c1-6-30(7-2)13(31)11-9(5)10(14(32)34-8(3)4)12(35-11)29-15(33)16(20,21)17(22,23)18(24,25)19(26,27)28/h8H,6-7H2,1-5H3,(H,29,33). The van der Waals surface area contributed by atoms with Gasteiger partial charge in [-0.25, -0.2) is 4.79 Å². The number of amides is 2. The second kappa shape index (κ2) is 10.2. The van der Waals surface area contributed by atoms with Crippen LogP contribution >= 0.6 is 11.3 Å². The number of carbonyl (C=O) groups is 3. The molecule has 16 heteroatoms. The number of esters is 1. The van der Waals surface area contributed by atoms with E-state index in [0.29, 0.717) is 0 Å². The number of ether oxygens (including phenoxy) is 1. The molecule has 35 heavy (non-hydrogen) atoms. The fourth-order valence-corrected chi connectivity index (χ4v) is 3.84. The number of rotatable bonds is 9. The lowest BCUT2D eigenvalue weighted by atomic mass is 10.0. The lowest BCUT2D eigenvalue weighted by molar-refractivity contribution is -0.388. The van der Waals surface area contributed by atoms with Gasteiger partial charge in [0.15, 0.2) is 0 Å². The first-order valence-corrected chi connectivity index (χ1v) is 10.7. The van der Waals surface area contributed by atoms with Crippen molar-refractivity contribution in [1.29, 1.82) is 0 Å². The molecular weight excluding hydrogens is 523 g/mol. The number of hydrogen-bond acceptors (Lipinski definition) is 5. The Morgan fingerprint density at radius 1 is 0.943 bits per heavy atom. The summed E-state index contributed by atoms with van der Waals surface area (Å²) in [7, 11) is 0. The molecule has 0 saturated carbocycles. The number of carbonyl (C=O) groups excluding carboxylic acids is 3. The monoisotopic (exact) mass is 544 g/mol. The molecule has 0 radical (unpaired) electrons. The molecule has 0 atom stereocenters. The SMILES string of the molecule is CCN(CC)C(=O)c1sc(NC(=O)C(F)(F)C(F)(F)C(F)(F)C(F)(F)F)c(C(=O)OC(C)C)c1C. The second-order valence-electron chi connectivity index (χ2n) is 7.37. The van der Waals surface area contributed by atoms with Gasteiger partial charge in [-0.3, -0.25) is 9.59 Å². The molecule has 0 fully saturated rings. The van der Waals surface area contributed by atoms with Gasteiger partial charge in [-0.1, -0.05) is 0 Å². The minimum absolute atomic E-state index is 0.150. The fourth-order valence-electron chi connectivity index (χ4n) is 2.68. The van der Waals surface area contributed by atoms with Gasteiger partial charge in [-0.05, 0) is 40.2 Å². The van der Waals surface area contributed by atoms with Crippen molar-refractivity contribution in [3.05, 3.63) is 16.0 Å². The van der Waals surface area contributed by atoms with E-state index in [0.717, 1.165) is 12.2 Å². The van der Waals surface area contributed by atoms with Crippen LogP contribution in [0.4, 0.5) is 44.5 Å². The molecule has 1 rings (SSSR count). The van der Waals surface area contributed by atoms with Gasteiger partial charge < -0.3 is 15.0 Å². The van der Waals surface area contributed by atoms with Crippen LogP contribution in [-0.2, 0) is 9.53 Å². The van der Waals surface area contributed by atoms with E-state index in [1.165, 1.54) is 18.7 Å². The maximum absolute atomic E-state index is 14.0. The van der Waals surface area contributed by atoms with Crippen LogP contribution in [0.15, 0.2) is 0 Å². The van der Waals surface area contributed by atoms with Crippen LogP contribution in [0.25, 0.3) is 0 Å². The lowest BCUT2D eigenvalue weighted by Crippen LogP contribution is -2.64. The van der Waals surface area contributed by atoms with E-state index in [9.17, 15) is 53.9 Å². The van der Waals surface area contributed by atoms with Crippen LogP contribution in [-0.4, -0.2) is 65.8 Å². The molecule has 0 bridgehead atoms. The topological polar surface area (TPSA) is 75.7 Å². The van der Waals surface area contributed by atoms with Gasteiger partial charge in [0, 0.05) is 13.1 Å². The summed E-state index contributed by atoms with van der Waals surface area (Å²) in [6, 6.07) is 0. The van der Waals surface area contributed by atoms with E-state index in [2.05, 4.69) is 0 Å². The molecule has 0 unspecified atom stereocenters. The highest BCUT2D eigenvalue weighted by Crippen LogP contribution is 2.53. The van der Waals surface area contributed by atoms with Crippen molar-refractivity contribution in [3.8, 4) is 0 Å². The van der Waals surface area contributed by atoms with E-state index in [-0.39, 0.29) is 34.9 Å². The van der Waals surface area contributed by atoms with Crippen LogP contribution in [0.1, 0.15) is 53.3 Å². The summed E-state index contributed by atoms with van der Waals surface area (Å²) in [5, 5.41) is 0.130. The molecule has 0 aliphatic carbocycles. The molecule has 0 aliphatic heterocycles. The van der Waals surface area contributed by atoms with Crippen LogP contribution in [0.5, 0.6) is 0 Å². The maximum atomic E-state index is 14.0. The molecule has 200 valence electrons. The predicted molar refractivity (Wildman–Crippen MR) is 106 cm³/mol. The van der Waals surface area contributed by atoms with E-state index < -0.39 is 58.4 Å². The normalized spacial score (nSPS) is 13.1. The Balaban J connectivity index is 3.60. The summed E-state index contributed by atoms with van der Waals surface area (Å²) in [6.45, 7) is 7.33. The number of hydrogen-bond donors (Lipinski definition) is 1. The van der Waals surface area contributed by atoms with Crippen molar-refractivity contribution in [1.82, 2.24) is 4.90 Å². The summed E-state index contributed by atoms with van der Waals surface area (Å²) >= 11 is 0.165. The quantitative estimate of drug-likeness (QED) is 0.329. The van der Waals surface area contributed by atoms with Gasteiger partial charge in [0.1, 0.15) is 5.00 Å². The highest BCUT2D eigenvalue weighted by atomic mass is 32.1. The summed E-state index contributed by atoms with van der Waals surface area (Å²) in [5.41, 5.74) is -0.946. The smallest absolute Gasteiger partial charge is 0.459 e. The van der Waals surface area contributed by atoms with E-state index in [1.807, 2.05) is 0 Å². The van der Waals surface area contributed by atoms with E-state index in [4.69, 9.17) is 4.74 Å². The summed E-state index contributed by atoms with van der Waals surface area (Å²) in [6.07, 6.45) is -7.93. The summed E-state index contributed by atoms with van der Waals surface area (Å²) in [5.74, 6) is -26.4. The highest BCUT2D eigenvalue weighted by Gasteiger charge is 2.83. The average molecular weight is 544 g/mol. The van der Waals surface area contributed by atoms with Crippen LogP contribution in [0.2, 0.25) is 0 Å². The first-order chi connectivity index (χ1) is 15.7. The molecule has 0 aromatic carbocycles. The Morgan fingerprint density at radius 3 is 1.83 bits per heavy atom. The Hall–Kier alpha value is -2.52. The van der Waals surface area contributed by atoms with Gasteiger partial charge in [-0.2, -0.15) is 39.5 Å². The highest BCUT2D eigenvalue weighted by molar-refractivity contribution is 7.18. The Morgan fingerprint density at radius 2 is 1.43 bits per heavy atom. The van der Waals surface area contributed by atoms with Crippen LogP contribution < -0.4 is 5.32 Å². The number of thiophene rings is 1. The zero-order chi connectivity index (χ0) is 27.7. The first kappa shape index (κ1) is 30.5. The van der Waals surface area contributed by atoms with Crippen molar-refractivity contribution < 1.29 is 58.6 Å². The molecule has 6 nitrogen and oxygen atoms in total. The lowest BCUT2D eigenvalue weighted by Gasteiger charge is -2.32. The third kappa shape index (κ3) is 5.51. The predicted octanol–water partition coefficient (Wildman–Crippen LogP) is 5.51. The van der Waals surface area contributed by atoms with Gasteiger partial charge in [0.2, 0.25) is 0 Å². The van der Waals surface area contributed by atoms with Gasteiger partial charge in [-0.15, -0.1) is 11.3 Å². The van der Waals surface area contributed by atoms with E-state index >= 15 is 0 Å². The third-order valence-corrected chi connectivity index (χ3v) is 5.79. The number of nitrogens with one attached hydrogen (secondary N) is 1. The fraction of sp³-hybridized carbons (Fsp3) is 0.632. The summed E-state index contributed by atoms with van der Waals surface area (Å²) in [4.78, 5) is 38.0. The van der Waals surface area contributed by atoms with Crippen molar-refractivity contribution in [2.45, 2.75) is 64.7 Å². The minimum atomic E-state index is -7.28. The Bertz CT molecular complexity index is 970. The Labute approximate surface area is 197 Å². The van der Waals surface area contributed by atoms with E-state index in [1.54, 1.807) is 13.8 Å². The molecule has 1 aromatic rings. The van der Waals surface area contributed by atoms with Crippen molar-refractivity contribution in [2.75, 3.05) is 18.4 Å². The zero-order valence-electron chi connectivity index (χ0n) is 18.9. The van der Waals surface area contributed by atoms with Crippen LogP contribution in [0.3, 0.4) is 0 Å². The van der Waals surface area contributed by atoms with Gasteiger partial charge >= 0.3 is 35.8 Å². The molecule has 0 spiro atoms. The molecule has 1 heterocycles. The minimum Gasteiger partial charge on any atom is -0.459 e. The maximum Gasteiger partial charge on any atom is 0.460 e. The first-order valence-electron chi connectivity index (χ1n) is 9.84. The molecule has 2 amide bonds.